The Labute approximate surface area is 220 Å². The first-order chi connectivity index (χ1) is 18.2. The van der Waals surface area contributed by atoms with Gasteiger partial charge in [0, 0.05) is 12.1 Å². The number of aromatic nitrogens is 2. The molecule has 0 radical (unpaired) electrons. The summed E-state index contributed by atoms with van der Waals surface area (Å²) in [6, 6.07) is 15.1. The number of ether oxygens (including phenoxy) is 1. The van der Waals surface area contributed by atoms with E-state index in [0.29, 0.717) is 23.9 Å². The number of methoxy groups -OCH3 is 1. The Morgan fingerprint density at radius 3 is 2.21 bits per heavy atom. The number of benzene rings is 2. The molecule has 3 rings (SSSR count). The first kappa shape index (κ1) is 28.1. The van der Waals surface area contributed by atoms with E-state index < -0.39 is 30.1 Å². The van der Waals surface area contributed by atoms with Gasteiger partial charge in [-0.25, -0.2) is 14.8 Å². The first-order valence-electron chi connectivity index (χ1n) is 12.0. The van der Waals surface area contributed by atoms with Crippen LogP contribution in [0.15, 0.2) is 54.6 Å². The molecule has 0 fully saturated rings. The standard InChI is InChI=1S/C27H31N5O6/c1-17-22(18(2)30-26(29-17)28-14-8-10-19-9-7-13-21(34)15-19)24(36)32-27(16-33,25(37)38-3)31-23(35)20-11-5-4-6-12-20/h4-7,9,11-13,15,33-34H,8,10,14,16H2,1-3H3,(H,31,35)(H,32,36)(H,28,29,30). The molecule has 2 aromatic carbocycles. The van der Waals surface area contributed by atoms with Crippen molar-refractivity contribution in [2.75, 3.05) is 25.6 Å². The predicted octanol–water partition coefficient (Wildman–Crippen LogP) is 1.87. The van der Waals surface area contributed by atoms with E-state index in [4.69, 9.17) is 4.74 Å². The van der Waals surface area contributed by atoms with Gasteiger partial charge < -0.3 is 30.9 Å². The van der Waals surface area contributed by atoms with Crippen molar-refractivity contribution < 1.29 is 29.3 Å². The van der Waals surface area contributed by atoms with Crippen LogP contribution in [0.4, 0.5) is 5.95 Å². The van der Waals surface area contributed by atoms with Gasteiger partial charge in [0.25, 0.3) is 11.8 Å². The summed E-state index contributed by atoms with van der Waals surface area (Å²) in [4.78, 5) is 47.3. The van der Waals surface area contributed by atoms with Crippen molar-refractivity contribution in [1.29, 1.82) is 0 Å². The largest absolute Gasteiger partial charge is 0.508 e. The third-order valence-electron chi connectivity index (χ3n) is 5.79. The lowest BCUT2D eigenvalue weighted by atomic mass is 10.1. The van der Waals surface area contributed by atoms with Crippen molar-refractivity contribution in [3.05, 3.63) is 82.7 Å². The highest BCUT2D eigenvalue weighted by Gasteiger charge is 2.43. The van der Waals surface area contributed by atoms with Crippen molar-refractivity contribution in [3.8, 4) is 5.75 Å². The monoisotopic (exact) mass is 521 g/mol. The molecule has 3 aromatic rings. The Morgan fingerprint density at radius 1 is 0.947 bits per heavy atom. The minimum Gasteiger partial charge on any atom is -0.508 e. The lowest BCUT2D eigenvalue weighted by molar-refractivity contribution is -0.151. The van der Waals surface area contributed by atoms with Crippen molar-refractivity contribution in [2.24, 2.45) is 0 Å². The zero-order valence-corrected chi connectivity index (χ0v) is 21.4. The van der Waals surface area contributed by atoms with Crippen LogP contribution in [0.5, 0.6) is 5.75 Å². The smallest absolute Gasteiger partial charge is 0.355 e. The molecule has 5 N–H and O–H groups in total. The third kappa shape index (κ3) is 6.83. The van der Waals surface area contributed by atoms with E-state index in [1.807, 2.05) is 6.07 Å². The van der Waals surface area contributed by atoms with Crippen LogP contribution in [0, 0.1) is 13.8 Å². The number of phenolic OH excluding ortho intramolecular Hbond substituents is 1. The number of esters is 1. The number of nitrogens with one attached hydrogen (secondary N) is 3. The number of carbonyl (C=O) groups excluding carboxylic acids is 3. The van der Waals surface area contributed by atoms with Crippen LogP contribution >= 0.6 is 0 Å². The summed E-state index contributed by atoms with van der Waals surface area (Å²) in [5, 5.41) is 27.6. The van der Waals surface area contributed by atoms with E-state index in [-0.39, 0.29) is 16.9 Å². The van der Waals surface area contributed by atoms with Crippen molar-refractivity contribution in [1.82, 2.24) is 20.6 Å². The van der Waals surface area contributed by atoms with Crippen molar-refractivity contribution >= 4 is 23.7 Å². The summed E-state index contributed by atoms with van der Waals surface area (Å²) in [5.41, 5.74) is -0.261. The Balaban J connectivity index is 1.72. The van der Waals surface area contributed by atoms with Gasteiger partial charge >= 0.3 is 5.97 Å². The lowest BCUT2D eigenvalue weighted by Crippen LogP contribution is -2.68. The molecule has 1 unspecified atom stereocenters. The number of phenols is 1. The second-order valence-corrected chi connectivity index (χ2v) is 8.62. The normalized spacial score (nSPS) is 12.2. The number of amides is 2. The van der Waals surface area contributed by atoms with E-state index >= 15 is 0 Å². The van der Waals surface area contributed by atoms with Crippen LogP contribution in [-0.2, 0) is 16.0 Å². The molecule has 0 aliphatic carbocycles. The summed E-state index contributed by atoms with van der Waals surface area (Å²) in [5.74, 6) is -1.98. The Hall–Kier alpha value is -4.51. The second kappa shape index (κ2) is 12.6. The molecule has 1 heterocycles. The molecule has 1 atom stereocenters. The minimum absolute atomic E-state index is 0.0889. The highest BCUT2D eigenvalue weighted by molar-refractivity contribution is 6.03. The number of hydrogen-bond donors (Lipinski definition) is 5. The molecule has 11 nitrogen and oxygen atoms in total. The molecule has 200 valence electrons. The fraction of sp³-hybridized carbons (Fsp3) is 0.296. The van der Waals surface area contributed by atoms with Crippen LogP contribution < -0.4 is 16.0 Å². The van der Waals surface area contributed by atoms with E-state index in [0.717, 1.165) is 25.5 Å². The van der Waals surface area contributed by atoms with E-state index in [9.17, 15) is 24.6 Å². The molecule has 11 heteroatoms. The number of hydrogen-bond acceptors (Lipinski definition) is 9. The number of aromatic hydroxyl groups is 1. The van der Waals surface area contributed by atoms with E-state index in [1.54, 1.807) is 50.2 Å². The quantitative estimate of drug-likeness (QED) is 0.144. The molecule has 0 saturated heterocycles. The van der Waals surface area contributed by atoms with Gasteiger partial charge in [-0.3, -0.25) is 9.59 Å². The minimum atomic E-state index is -2.24. The molecule has 0 aliphatic heterocycles. The van der Waals surface area contributed by atoms with Crippen molar-refractivity contribution in [2.45, 2.75) is 32.4 Å². The summed E-state index contributed by atoms with van der Waals surface area (Å²) in [6.45, 7) is 2.83. The van der Waals surface area contributed by atoms with Crippen LogP contribution in [0.2, 0.25) is 0 Å². The molecule has 0 spiro atoms. The number of anilines is 1. The molecule has 0 saturated carbocycles. The molecular weight excluding hydrogens is 490 g/mol. The third-order valence-corrected chi connectivity index (χ3v) is 5.79. The molecule has 2 amide bonds. The lowest BCUT2D eigenvalue weighted by Gasteiger charge is -2.31. The number of carbonyl (C=O) groups is 3. The zero-order valence-electron chi connectivity index (χ0n) is 21.4. The second-order valence-electron chi connectivity index (χ2n) is 8.62. The Kier molecular flexibility index (Phi) is 9.33. The average Bonchev–Trinajstić information content (AvgIpc) is 2.90. The van der Waals surface area contributed by atoms with Gasteiger partial charge in [-0.2, -0.15) is 0 Å². The number of rotatable bonds is 11. The SMILES string of the molecule is COC(=O)C(CO)(NC(=O)c1ccccc1)NC(=O)c1c(C)nc(NCCCc2cccc(O)c2)nc1C. The van der Waals surface area contributed by atoms with Crippen LogP contribution in [0.3, 0.4) is 0 Å². The maximum atomic E-state index is 13.3. The highest BCUT2D eigenvalue weighted by atomic mass is 16.5. The van der Waals surface area contributed by atoms with Crippen LogP contribution in [-0.4, -0.2) is 63.9 Å². The van der Waals surface area contributed by atoms with Gasteiger partial charge in [0.1, 0.15) is 5.75 Å². The van der Waals surface area contributed by atoms with Crippen molar-refractivity contribution in [3.63, 3.8) is 0 Å². The highest BCUT2D eigenvalue weighted by Crippen LogP contribution is 2.16. The zero-order chi connectivity index (χ0) is 27.7. The van der Waals surface area contributed by atoms with Crippen LogP contribution in [0.25, 0.3) is 0 Å². The van der Waals surface area contributed by atoms with Gasteiger partial charge in [-0.15, -0.1) is 0 Å². The number of aryl methyl sites for hydroxylation is 3. The summed E-state index contributed by atoms with van der Waals surface area (Å²) < 4.78 is 4.77. The summed E-state index contributed by atoms with van der Waals surface area (Å²) >= 11 is 0. The maximum absolute atomic E-state index is 13.3. The van der Waals surface area contributed by atoms with Crippen LogP contribution in [0.1, 0.15) is 44.1 Å². The Morgan fingerprint density at radius 2 is 1.61 bits per heavy atom. The van der Waals surface area contributed by atoms with Gasteiger partial charge in [-0.1, -0.05) is 30.3 Å². The number of nitrogens with zero attached hydrogens (tertiary/aromatic N) is 2. The topological polar surface area (TPSA) is 163 Å². The van der Waals surface area contributed by atoms with Gasteiger partial charge in [0.05, 0.1) is 30.7 Å². The number of aliphatic hydroxyl groups excluding tert-OH is 1. The molecule has 1 aromatic heterocycles. The van der Waals surface area contributed by atoms with Gasteiger partial charge in [0.15, 0.2) is 0 Å². The molecular formula is C27H31N5O6. The molecule has 0 aliphatic rings. The summed E-state index contributed by atoms with van der Waals surface area (Å²) in [6.07, 6.45) is 1.50. The molecule has 38 heavy (non-hydrogen) atoms. The average molecular weight is 522 g/mol. The first-order valence-corrected chi connectivity index (χ1v) is 12.0. The Bertz CT molecular complexity index is 1280. The van der Waals surface area contributed by atoms with E-state index in [2.05, 4.69) is 25.9 Å². The van der Waals surface area contributed by atoms with Gasteiger partial charge in [-0.05, 0) is 56.5 Å². The fourth-order valence-electron chi connectivity index (χ4n) is 3.89. The van der Waals surface area contributed by atoms with E-state index in [1.165, 1.54) is 12.1 Å². The summed E-state index contributed by atoms with van der Waals surface area (Å²) in [7, 11) is 1.08. The number of aliphatic hydroxyl groups is 1. The maximum Gasteiger partial charge on any atom is 0.355 e. The fourth-order valence-corrected chi connectivity index (χ4v) is 3.89. The predicted molar refractivity (Wildman–Crippen MR) is 140 cm³/mol. The molecule has 0 bridgehead atoms. The van der Waals surface area contributed by atoms with Gasteiger partial charge in [0.2, 0.25) is 11.6 Å².